The summed E-state index contributed by atoms with van der Waals surface area (Å²) in [6.45, 7) is 0. The van der Waals surface area contributed by atoms with Crippen molar-refractivity contribution in [3.8, 4) is 10.6 Å². The monoisotopic (exact) mass is 443 g/mol. The minimum absolute atomic E-state index is 0.0326. The van der Waals surface area contributed by atoms with Gasteiger partial charge >= 0.3 is 0 Å². The molecule has 0 saturated heterocycles. The van der Waals surface area contributed by atoms with Crippen LogP contribution in [0.2, 0.25) is 10.0 Å². The fourth-order valence-corrected chi connectivity index (χ4v) is 4.27. The van der Waals surface area contributed by atoms with E-state index in [1.807, 2.05) is 24.3 Å². The zero-order valence-electron chi connectivity index (χ0n) is 14.6. The van der Waals surface area contributed by atoms with Gasteiger partial charge in [-0.3, -0.25) is 14.9 Å². The molecule has 0 fully saturated rings. The molecule has 0 spiro atoms. The number of halogens is 2. The number of fused-ring (bicyclic) bond motifs is 1. The van der Waals surface area contributed by atoms with E-state index in [1.54, 1.807) is 18.2 Å². The summed E-state index contributed by atoms with van der Waals surface area (Å²) in [7, 11) is 0. The van der Waals surface area contributed by atoms with Crippen molar-refractivity contribution in [3.63, 3.8) is 0 Å². The van der Waals surface area contributed by atoms with E-state index in [9.17, 15) is 14.9 Å². The van der Waals surface area contributed by atoms with Crippen molar-refractivity contribution in [2.24, 2.45) is 0 Å². The highest BCUT2D eigenvalue weighted by Gasteiger charge is 2.17. The quantitative estimate of drug-likeness (QED) is 0.290. The number of carbonyl (C=O) groups is 1. The Morgan fingerprint density at radius 2 is 1.83 bits per heavy atom. The van der Waals surface area contributed by atoms with Gasteiger partial charge in [-0.1, -0.05) is 35.3 Å². The Morgan fingerprint density at radius 3 is 2.55 bits per heavy atom. The highest BCUT2D eigenvalue weighted by atomic mass is 35.5. The molecule has 144 valence electrons. The topological polar surface area (TPSA) is 85.1 Å². The number of amides is 1. The van der Waals surface area contributed by atoms with E-state index in [0.29, 0.717) is 10.7 Å². The second kappa shape index (κ2) is 7.79. The van der Waals surface area contributed by atoms with Crippen LogP contribution in [0.5, 0.6) is 0 Å². The molecular formula is C20H11Cl2N3O3S. The summed E-state index contributed by atoms with van der Waals surface area (Å²) in [5.74, 6) is -0.506. The van der Waals surface area contributed by atoms with Crippen molar-refractivity contribution in [3.05, 3.63) is 86.4 Å². The largest absolute Gasteiger partial charge is 0.322 e. The molecule has 1 N–H and O–H groups in total. The van der Waals surface area contributed by atoms with Crippen molar-refractivity contribution >= 4 is 62.0 Å². The van der Waals surface area contributed by atoms with Crippen molar-refractivity contribution < 1.29 is 9.72 Å². The summed E-state index contributed by atoms with van der Waals surface area (Å²) >= 11 is 13.7. The average molecular weight is 444 g/mol. The van der Waals surface area contributed by atoms with Crippen LogP contribution in [-0.2, 0) is 0 Å². The number of aromatic nitrogens is 1. The minimum Gasteiger partial charge on any atom is -0.322 e. The Bertz CT molecular complexity index is 1240. The molecule has 0 unspecified atom stereocenters. The van der Waals surface area contributed by atoms with Crippen molar-refractivity contribution in [1.82, 2.24) is 4.98 Å². The number of thiazole rings is 1. The summed E-state index contributed by atoms with van der Waals surface area (Å²) in [5, 5.41) is 14.9. The van der Waals surface area contributed by atoms with Crippen LogP contribution < -0.4 is 5.32 Å². The lowest BCUT2D eigenvalue weighted by Gasteiger charge is -2.08. The summed E-state index contributed by atoms with van der Waals surface area (Å²) in [5.41, 5.74) is 1.90. The van der Waals surface area contributed by atoms with Crippen LogP contribution in [-0.4, -0.2) is 15.8 Å². The summed E-state index contributed by atoms with van der Waals surface area (Å²) in [4.78, 5) is 27.4. The fraction of sp³-hybridized carbons (Fsp3) is 0. The number of nitrogens with one attached hydrogen (secondary N) is 1. The SMILES string of the molecule is O=C(Nc1ccc(-c2nc3ccccc3s2)c(Cl)c1)c1ccc(Cl)c([N+](=O)[O-])c1. The van der Waals surface area contributed by atoms with Gasteiger partial charge < -0.3 is 5.32 Å². The normalized spacial score (nSPS) is 10.8. The number of benzene rings is 3. The third kappa shape index (κ3) is 3.93. The highest BCUT2D eigenvalue weighted by molar-refractivity contribution is 7.21. The predicted molar refractivity (Wildman–Crippen MR) is 116 cm³/mol. The van der Waals surface area contributed by atoms with E-state index in [1.165, 1.54) is 23.5 Å². The van der Waals surface area contributed by atoms with Crippen molar-refractivity contribution in [2.45, 2.75) is 0 Å². The molecule has 6 nitrogen and oxygen atoms in total. The molecule has 1 amide bonds. The van der Waals surface area contributed by atoms with Crippen LogP contribution in [0.3, 0.4) is 0 Å². The van der Waals surface area contributed by atoms with E-state index in [-0.39, 0.29) is 16.3 Å². The van der Waals surface area contributed by atoms with Gasteiger partial charge in [-0.25, -0.2) is 4.98 Å². The standard InChI is InChI=1S/C20H11Cl2N3O3S/c21-14-8-5-11(9-17(14)25(27)28)19(26)23-12-6-7-13(15(22)10-12)20-24-16-3-1-2-4-18(16)29-20/h1-10H,(H,23,26). The Labute approximate surface area is 178 Å². The number of hydrogen-bond acceptors (Lipinski definition) is 5. The molecule has 0 radical (unpaired) electrons. The molecule has 29 heavy (non-hydrogen) atoms. The van der Waals surface area contributed by atoms with Crippen molar-refractivity contribution in [1.29, 1.82) is 0 Å². The van der Waals surface area contributed by atoms with Gasteiger partial charge in [0.05, 0.1) is 20.2 Å². The van der Waals surface area contributed by atoms with E-state index in [4.69, 9.17) is 23.2 Å². The van der Waals surface area contributed by atoms with Gasteiger partial charge in [0.1, 0.15) is 10.0 Å². The van der Waals surface area contributed by atoms with Crippen LogP contribution in [0.25, 0.3) is 20.8 Å². The third-order valence-electron chi connectivity index (χ3n) is 4.16. The Morgan fingerprint density at radius 1 is 1.03 bits per heavy atom. The van der Waals surface area contributed by atoms with Gasteiger partial charge in [-0.15, -0.1) is 11.3 Å². The zero-order chi connectivity index (χ0) is 20.5. The smallest absolute Gasteiger partial charge is 0.288 e. The highest BCUT2D eigenvalue weighted by Crippen LogP contribution is 2.35. The number of rotatable bonds is 4. The molecule has 4 aromatic rings. The predicted octanol–water partition coefficient (Wildman–Crippen LogP) is 6.43. The van der Waals surface area contributed by atoms with Gasteiger partial charge in [0.15, 0.2) is 0 Å². The first kappa shape index (κ1) is 19.3. The number of para-hydroxylation sites is 1. The molecule has 0 atom stereocenters. The molecular weight excluding hydrogens is 433 g/mol. The van der Waals surface area contributed by atoms with Crippen LogP contribution in [0, 0.1) is 10.1 Å². The minimum atomic E-state index is -0.636. The van der Waals surface area contributed by atoms with Crippen molar-refractivity contribution in [2.75, 3.05) is 5.32 Å². The first-order valence-electron chi connectivity index (χ1n) is 8.33. The Kier molecular flexibility index (Phi) is 5.19. The number of nitro groups is 1. The molecule has 0 saturated carbocycles. The zero-order valence-corrected chi connectivity index (χ0v) is 16.9. The fourth-order valence-electron chi connectivity index (χ4n) is 2.75. The lowest BCUT2D eigenvalue weighted by atomic mass is 10.1. The van der Waals surface area contributed by atoms with E-state index in [2.05, 4.69) is 10.3 Å². The summed E-state index contributed by atoms with van der Waals surface area (Å²) < 4.78 is 1.06. The number of carbonyl (C=O) groups excluding carboxylic acids is 1. The molecule has 0 bridgehead atoms. The Balaban J connectivity index is 1.59. The van der Waals surface area contributed by atoms with E-state index in [0.717, 1.165) is 26.9 Å². The molecule has 0 aliphatic carbocycles. The molecule has 1 aromatic heterocycles. The van der Waals surface area contributed by atoms with E-state index >= 15 is 0 Å². The van der Waals surface area contributed by atoms with E-state index < -0.39 is 10.8 Å². The molecule has 3 aromatic carbocycles. The summed E-state index contributed by atoms with van der Waals surface area (Å²) in [6.07, 6.45) is 0. The summed E-state index contributed by atoms with van der Waals surface area (Å²) in [6, 6.07) is 16.8. The molecule has 4 rings (SSSR count). The van der Waals surface area contributed by atoms with Gasteiger partial charge in [0, 0.05) is 22.9 Å². The first-order valence-corrected chi connectivity index (χ1v) is 9.90. The first-order chi connectivity index (χ1) is 13.9. The lowest BCUT2D eigenvalue weighted by molar-refractivity contribution is -0.384. The molecule has 0 aliphatic heterocycles. The number of anilines is 1. The lowest BCUT2D eigenvalue weighted by Crippen LogP contribution is -2.12. The second-order valence-corrected chi connectivity index (χ2v) is 7.90. The van der Waals surface area contributed by atoms with Gasteiger partial charge in [-0.05, 0) is 42.5 Å². The molecule has 1 heterocycles. The molecule has 0 aliphatic rings. The molecule has 9 heteroatoms. The Hall–Kier alpha value is -3.00. The number of nitro benzene ring substituents is 1. The second-order valence-electron chi connectivity index (χ2n) is 6.06. The maximum Gasteiger partial charge on any atom is 0.288 e. The average Bonchev–Trinajstić information content (AvgIpc) is 3.12. The van der Waals surface area contributed by atoms with Crippen LogP contribution in [0.15, 0.2) is 60.7 Å². The number of nitrogens with zero attached hydrogens (tertiary/aromatic N) is 2. The van der Waals surface area contributed by atoms with Crippen LogP contribution >= 0.6 is 34.5 Å². The van der Waals surface area contributed by atoms with Crippen LogP contribution in [0.1, 0.15) is 10.4 Å². The number of hydrogen-bond donors (Lipinski definition) is 1. The van der Waals surface area contributed by atoms with Gasteiger partial charge in [0.25, 0.3) is 11.6 Å². The van der Waals surface area contributed by atoms with Gasteiger partial charge in [-0.2, -0.15) is 0 Å². The maximum atomic E-state index is 12.5. The van der Waals surface area contributed by atoms with Crippen LogP contribution in [0.4, 0.5) is 11.4 Å². The maximum absolute atomic E-state index is 12.5. The third-order valence-corrected chi connectivity index (χ3v) is 5.86. The van der Waals surface area contributed by atoms with Gasteiger partial charge in [0.2, 0.25) is 0 Å².